The topological polar surface area (TPSA) is 159 Å². The summed E-state index contributed by atoms with van der Waals surface area (Å²) in [7, 11) is -4.19. The molecule has 0 bridgehead atoms. The molecule has 0 radical (unpaired) electrons. The summed E-state index contributed by atoms with van der Waals surface area (Å²) in [6.45, 7) is 6.59. The van der Waals surface area contributed by atoms with E-state index in [1.165, 1.54) is 30.5 Å². The summed E-state index contributed by atoms with van der Waals surface area (Å²) in [6, 6.07) is 18.3. The van der Waals surface area contributed by atoms with Crippen molar-refractivity contribution >= 4 is 39.9 Å². The van der Waals surface area contributed by atoms with Gasteiger partial charge in [-0.05, 0) is 60.1 Å². The molecule has 4 atom stereocenters. The second-order valence-electron chi connectivity index (χ2n) is 12.9. The molecule has 3 aromatic rings. The number of aromatic nitrogens is 1. The Labute approximate surface area is 303 Å². The fourth-order valence-electron chi connectivity index (χ4n) is 6.20. The maximum Gasteiger partial charge on any atom is 0.322 e. The Balaban J connectivity index is 1.39. The van der Waals surface area contributed by atoms with Gasteiger partial charge < -0.3 is 30.3 Å². The van der Waals surface area contributed by atoms with Gasteiger partial charge in [0.15, 0.2) is 0 Å². The Hall–Kier alpha value is -4.44. The molecule has 2 aromatic carbocycles. The van der Waals surface area contributed by atoms with Gasteiger partial charge in [-0.1, -0.05) is 67.5 Å². The number of nitrogens with one attached hydrogen (secondary N) is 1. The van der Waals surface area contributed by atoms with Gasteiger partial charge in [-0.15, -0.1) is 11.8 Å². The van der Waals surface area contributed by atoms with Crippen molar-refractivity contribution in [2.75, 3.05) is 26.3 Å². The van der Waals surface area contributed by atoms with Crippen LogP contribution in [-0.2, 0) is 27.8 Å². The normalized spacial score (nSPS) is 18.3. The number of hydrogen-bond acceptors (Lipinski definition) is 10. The highest BCUT2D eigenvalue weighted by Gasteiger charge is 2.41. The molecule has 0 spiro atoms. The van der Waals surface area contributed by atoms with E-state index in [-0.39, 0.29) is 41.7 Å². The Bertz CT molecular complexity index is 1780. The van der Waals surface area contributed by atoms with Crippen LogP contribution in [0.2, 0.25) is 0 Å². The number of urea groups is 1. The third-order valence-electron chi connectivity index (χ3n) is 8.96. The molecule has 272 valence electrons. The number of aliphatic hydroxyl groups is 1. The molecule has 13 nitrogen and oxygen atoms in total. The zero-order valence-electron chi connectivity index (χ0n) is 28.9. The minimum absolute atomic E-state index is 0.0289. The number of sulfonamides is 1. The zero-order valence-corrected chi connectivity index (χ0v) is 30.5. The fourth-order valence-corrected chi connectivity index (χ4v) is 8.37. The van der Waals surface area contributed by atoms with Crippen LogP contribution in [0.25, 0.3) is 0 Å². The van der Waals surface area contributed by atoms with Gasteiger partial charge in [-0.3, -0.25) is 9.78 Å². The number of amides is 3. The predicted molar refractivity (Wildman–Crippen MR) is 196 cm³/mol. The first-order valence-corrected chi connectivity index (χ1v) is 19.2. The SMILES string of the molecule is CC(C)[C@H](C(=O)N[C@@H](Cc1ccccc1)C(O)CN(Cc1ccccn1)S(=O)(=O)c1ccc(/C=N/O)cc1)N1CCN(CN2C=CSC2C)C1=O. The van der Waals surface area contributed by atoms with Gasteiger partial charge in [0.25, 0.3) is 0 Å². The van der Waals surface area contributed by atoms with E-state index >= 15 is 0 Å². The lowest BCUT2D eigenvalue weighted by Gasteiger charge is -2.34. The molecule has 51 heavy (non-hydrogen) atoms. The van der Waals surface area contributed by atoms with Gasteiger partial charge in [0.2, 0.25) is 15.9 Å². The first-order valence-electron chi connectivity index (χ1n) is 16.8. The lowest BCUT2D eigenvalue weighted by molar-refractivity contribution is -0.128. The first kappa shape index (κ1) is 37.8. The summed E-state index contributed by atoms with van der Waals surface area (Å²) in [6.07, 6.45) is 3.57. The van der Waals surface area contributed by atoms with E-state index < -0.39 is 34.1 Å². The van der Waals surface area contributed by atoms with Crippen LogP contribution in [-0.4, -0.2) is 111 Å². The van der Waals surface area contributed by atoms with Crippen LogP contribution < -0.4 is 5.32 Å². The lowest BCUT2D eigenvalue weighted by Crippen LogP contribution is -2.57. The maximum absolute atomic E-state index is 14.2. The number of oxime groups is 1. The van der Waals surface area contributed by atoms with Crippen LogP contribution in [0, 0.1) is 5.92 Å². The molecule has 1 fully saturated rings. The van der Waals surface area contributed by atoms with Crippen molar-refractivity contribution in [2.45, 2.75) is 62.2 Å². The molecule has 0 aliphatic carbocycles. The molecule has 3 amide bonds. The van der Waals surface area contributed by atoms with Crippen molar-refractivity contribution in [3.8, 4) is 0 Å². The minimum Gasteiger partial charge on any atom is -0.411 e. The maximum atomic E-state index is 14.2. The third-order valence-corrected chi connectivity index (χ3v) is 11.7. The lowest BCUT2D eigenvalue weighted by atomic mass is 9.98. The van der Waals surface area contributed by atoms with Crippen LogP contribution in [0.5, 0.6) is 0 Å². The van der Waals surface area contributed by atoms with Crippen LogP contribution in [0.1, 0.15) is 37.6 Å². The van der Waals surface area contributed by atoms with E-state index in [2.05, 4.69) is 27.3 Å². The summed E-state index contributed by atoms with van der Waals surface area (Å²) in [5, 5.41) is 29.0. The molecule has 2 unspecified atom stereocenters. The van der Waals surface area contributed by atoms with E-state index in [4.69, 9.17) is 5.21 Å². The highest BCUT2D eigenvalue weighted by atomic mass is 32.2. The van der Waals surface area contributed by atoms with Gasteiger partial charge in [0.05, 0.1) is 47.5 Å². The van der Waals surface area contributed by atoms with Crippen molar-refractivity contribution < 1.29 is 28.3 Å². The number of carbonyl (C=O) groups is 2. The van der Waals surface area contributed by atoms with Crippen LogP contribution in [0.15, 0.2) is 101 Å². The predicted octanol–water partition coefficient (Wildman–Crippen LogP) is 3.75. The summed E-state index contributed by atoms with van der Waals surface area (Å²) in [5.41, 5.74) is 1.80. The molecule has 3 heterocycles. The Kier molecular flexibility index (Phi) is 12.7. The van der Waals surface area contributed by atoms with E-state index in [0.29, 0.717) is 31.0 Å². The molecular weight excluding hydrogens is 691 g/mol. The average molecular weight is 736 g/mol. The zero-order chi connectivity index (χ0) is 36.5. The van der Waals surface area contributed by atoms with Gasteiger partial charge in [-0.2, -0.15) is 4.31 Å². The van der Waals surface area contributed by atoms with Crippen LogP contribution in [0.4, 0.5) is 4.79 Å². The monoisotopic (exact) mass is 735 g/mol. The van der Waals surface area contributed by atoms with E-state index in [1.807, 2.05) is 55.8 Å². The fraction of sp³-hybridized carbons (Fsp3) is 0.389. The van der Waals surface area contributed by atoms with Gasteiger partial charge in [-0.25, -0.2) is 13.2 Å². The molecule has 1 saturated heterocycles. The number of pyridine rings is 1. The summed E-state index contributed by atoms with van der Waals surface area (Å²) < 4.78 is 29.3. The second-order valence-corrected chi connectivity index (χ2v) is 16.1. The van der Waals surface area contributed by atoms with Crippen LogP contribution >= 0.6 is 11.8 Å². The highest BCUT2D eigenvalue weighted by Crippen LogP contribution is 2.27. The molecule has 0 saturated carbocycles. The number of rotatable bonds is 16. The van der Waals surface area contributed by atoms with E-state index in [9.17, 15) is 23.1 Å². The van der Waals surface area contributed by atoms with Crippen molar-refractivity contribution in [1.82, 2.24) is 29.3 Å². The molecule has 5 rings (SSSR count). The summed E-state index contributed by atoms with van der Waals surface area (Å²) >= 11 is 1.67. The highest BCUT2D eigenvalue weighted by molar-refractivity contribution is 8.02. The van der Waals surface area contributed by atoms with Crippen molar-refractivity contribution in [3.05, 3.63) is 107 Å². The number of carbonyl (C=O) groups excluding carboxylic acids is 2. The number of thioether (sulfide) groups is 1. The van der Waals surface area contributed by atoms with Gasteiger partial charge >= 0.3 is 6.03 Å². The Morgan fingerprint density at radius 3 is 2.45 bits per heavy atom. The number of hydrogen-bond donors (Lipinski definition) is 3. The van der Waals surface area contributed by atoms with Gasteiger partial charge in [0.1, 0.15) is 6.04 Å². The number of aliphatic hydroxyl groups excluding tert-OH is 1. The van der Waals surface area contributed by atoms with Crippen LogP contribution in [0.3, 0.4) is 0 Å². The quantitative estimate of drug-likeness (QED) is 0.113. The molecule has 3 N–H and O–H groups in total. The Morgan fingerprint density at radius 1 is 1.10 bits per heavy atom. The largest absolute Gasteiger partial charge is 0.411 e. The Morgan fingerprint density at radius 2 is 1.82 bits per heavy atom. The standard InChI is InChI=1S/C36H45N7O6S2/c1-26(2)34(43-18-17-41(36(43)46)25-40-19-20-50-27(40)3)35(45)39-32(21-28-9-5-4-6-10-28)33(44)24-42(23-30-11-7-8-16-37-30)51(48,49)31-14-12-29(13-15-31)22-38-47/h4-16,19-20,22,26-27,32-34,44,47H,17-18,21,23-25H2,1-3H3,(H,39,45)/b38-22+/t27?,32-,33?,34+/m0/s1. The summed E-state index contributed by atoms with van der Waals surface area (Å²) in [5.74, 6) is -0.671. The number of nitrogens with zero attached hydrogens (tertiary/aromatic N) is 6. The summed E-state index contributed by atoms with van der Waals surface area (Å²) in [4.78, 5) is 37.5. The molecule has 2 aliphatic heterocycles. The molecule has 15 heteroatoms. The molecule has 1 aromatic heterocycles. The molecule has 2 aliphatic rings. The van der Waals surface area contributed by atoms with Crippen molar-refractivity contribution in [3.63, 3.8) is 0 Å². The first-order chi connectivity index (χ1) is 24.5. The third kappa shape index (κ3) is 9.47. The average Bonchev–Trinajstić information content (AvgIpc) is 3.69. The second kappa shape index (κ2) is 17.2. The van der Waals surface area contributed by atoms with Crippen molar-refractivity contribution in [1.29, 1.82) is 0 Å². The van der Waals surface area contributed by atoms with Gasteiger partial charge in [0, 0.05) is 32.0 Å². The number of benzene rings is 2. The minimum atomic E-state index is -4.19. The van der Waals surface area contributed by atoms with Crippen molar-refractivity contribution in [2.24, 2.45) is 11.1 Å². The molecular formula is C36H45N7O6S2. The van der Waals surface area contributed by atoms with E-state index in [0.717, 1.165) is 9.87 Å². The smallest absolute Gasteiger partial charge is 0.322 e. The van der Waals surface area contributed by atoms with E-state index in [1.54, 1.807) is 46.0 Å².